The third-order valence-corrected chi connectivity index (χ3v) is 5.79. The molecular weight excluding hydrogens is 511 g/mol. The smallest absolute Gasteiger partial charge is 0.416 e. The highest BCUT2D eigenvalue weighted by Crippen LogP contribution is 2.47. The molecule has 3 rings (SSSR count). The van der Waals surface area contributed by atoms with Gasteiger partial charge in [0.15, 0.2) is 0 Å². The molecule has 0 aliphatic carbocycles. The molecule has 1 amide bonds. The van der Waals surface area contributed by atoms with Crippen molar-refractivity contribution in [3.63, 3.8) is 0 Å². The number of aliphatic hydroxyl groups is 1. The second-order valence-electron chi connectivity index (χ2n) is 8.70. The molecule has 3 atom stereocenters. The number of aldehydes is 1. The van der Waals surface area contributed by atoms with E-state index in [9.17, 15) is 40.3 Å². The molecule has 2 aromatic rings. The Bertz CT molecular complexity index is 1080. The Hall–Kier alpha value is -3.15. The van der Waals surface area contributed by atoms with E-state index in [1.165, 1.54) is 11.0 Å². The van der Waals surface area contributed by atoms with Crippen molar-refractivity contribution in [2.75, 3.05) is 12.0 Å². The fraction of sp³-hybridized carbons (Fsp3) is 0.440. The van der Waals surface area contributed by atoms with Crippen molar-refractivity contribution in [2.24, 2.45) is 0 Å². The maximum Gasteiger partial charge on any atom is 0.416 e. The van der Waals surface area contributed by atoms with Crippen LogP contribution in [0.25, 0.3) is 0 Å². The van der Waals surface area contributed by atoms with Gasteiger partial charge < -0.3 is 14.6 Å². The molecule has 0 fully saturated rings. The molecule has 2 aromatic carbocycles. The number of rotatable bonds is 4. The van der Waals surface area contributed by atoms with Crippen LogP contribution in [0.3, 0.4) is 0 Å². The normalized spacial score (nSPS) is 18.5. The molecule has 1 aliphatic heterocycles. The van der Waals surface area contributed by atoms with Gasteiger partial charge in [0.25, 0.3) is 0 Å². The van der Waals surface area contributed by atoms with Crippen molar-refractivity contribution in [2.45, 2.75) is 63.5 Å². The minimum atomic E-state index is -5.09. The maximum atomic E-state index is 14.2. The van der Waals surface area contributed by atoms with E-state index in [0.29, 0.717) is 12.1 Å². The van der Waals surface area contributed by atoms with Gasteiger partial charge in [-0.05, 0) is 74.7 Å². The number of anilines is 1. The number of aliphatic hydroxyl groups excluding tert-OH is 1. The molecule has 0 saturated heterocycles. The summed E-state index contributed by atoms with van der Waals surface area (Å²) in [5.41, 5.74) is -3.35. The van der Waals surface area contributed by atoms with E-state index in [-0.39, 0.29) is 30.0 Å². The van der Waals surface area contributed by atoms with Crippen LogP contribution in [-0.4, -0.2) is 36.7 Å². The average molecular weight is 537 g/mol. The lowest BCUT2D eigenvalue weighted by Crippen LogP contribution is -2.45. The van der Waals surface area contributed by atoms with Crippen LogP contribution in [-0.2, 0) is 21.9 Å². The van der Waals surface area contributed by atoms with Gasteiger partial charge in [0.1, 0.15) is 12.1 Å². The number of carbonyl (C=O) groups excluding carboxylic acids is 2. The second kappa shape index (κ2) is 11.5. The summed E-state index contributed by atoms with van der Waals surface area (Å²) in [6, 6.07) is 3.67. The van der Waals surface area contributed by atoms with Crippen molar-refractivity contribution < 1.29 is 50.2 Å². The van der Waals surface area contributed by atoms with Gasteiger partial charge >= 0.3 is 18.4 Å². The van der Waals surface area contributed by atoms with Crippen molar-refractivity contribution in [3.05, 3.63) is 64.5 Å². The molecule has 1 N–H and O–H groups in total. The van der Waals surface area contributed by atoms with Gasteiger partial charge in [-0.15, -0.1) is 0 Å². The summed E-state index contributed by atoms with van der Waals surface area (Å²) in [6.45, 7) is 4.83. The number of hydrogen-bond donors (Lipinski definition) is 1. The number of benzene rings is 2. The lowest BCUT2D eigenvalue weighted by molar-refractivity contribution is -0.143. The van der Waals surface area contributed by atoms with Crippen molar-refractivity contribution >= 4 is 18.1 Å². The molecule has 12 heteroatoms. The molecular formula is C25H26F7NO4. The van der Waals surface area contributed by atoms with Crippen molar-refractivity contribution in [3.8, 4) is 0 Å². The largest absolute Gasteiger partial charge is 0.446 e. The van der Waals surface area contributed by atoms with Crippen LogP contribution in [0.2, 0.25) is 0 Å². The number of halogens is 7. The molecule has 1 unspecified atom stereocenters. The minimum Gasteiger partial charge on any atom is -0.446 e. The van der Waals surface area contributed by atoms with E-state index < -0.39 is 64.9 Å². The summed E-state index contributed by atoms with van der Waals surface area (Å²) in [7, 11) is 1.00. The Morgan fingerprint density at radius 2 is 1.57 bits per heavy atom. The zero-order valence-electron chi connectivity index (χ0n) is 20.3. The first-order chi connectivity index (χ1) is 17.1. The lowest BCUT2D eigenvalue weighted by Gasteiger charge is -2.40. The molecule has 1 heterocycles. The molecule has 204 valence electrons. The third-order valence-electron chi connectivity index (χ3n) is 5.79. The number of fused-ring (bicyclic) bond motifs is 1. The summed E-state index contributed by atoms with van der Waals surface area (Å²) in [5, 5.41) is 7.00. The van der Waals surface area contributed by atoms with E-state index in [1.54, 1.807) is 20.8 Å². The van der Waals surface area contributed by atoms with Gasteiger partial charge in [0.05, 0.1) is 22.9 Å². The van der Waals surface area contributed by atoms with E-state index in [2.05, 4.69) is 0 Å². The van der Waals surface area contributed by atoms with Crippen LogP contribution in [0.5, 0.6) is 0 Å². The number of amides is 1. The van der Waals surface area contributed by atoms with Crippen LogP contribution in [0.1, 0.15) is 61.3 Å². The summed E-state index contributed by atoms with van der Waals surface area (Å²) >= 11 is 0. The first-order valence-electron chi connectivity index (χ1n) is 11.1. The van der Waals surface area contributed by atoms with E-state index >= 15 is 0 Å². The number of nitrogens with zero attached hydrogens (tertiary/aromatic N) is 1. The Balaban J connectivity index is 0.00000235. The van der Waals surface area contributed by atoms with Gasteiger partial charge in [-0.2, -0.15) is 26.3 Å². The van der Waals surface area contributed by atoms with Gasteiger partial charge in [-0.1, -0.05) is 0 Å². The summed E-state index contributed by atoms with van der Waals surface area (Å²) < 4.78 is 99.7. The fourth-order valence-electron chi connectivity index (χ4n) is 4.33. The average Bonchev–Trinajstić information content (AvgIpc) is 2.79. The third kappa shape index (κ3) is 6.79. The molecule has 0 spiro atoms. The molecule has 5 nitrogen and oxygen atoms in total. The van der Waals surface area contributed by atoms with Crippen LogP contribution >= 0.6 is 0 Å². The highest BCUT2D eigenvalue weighted by Gasteiger charge is 2.42. The van der Waals surface area contributed by atoms with Crippen LogP contribution in [0.15, 0.2) is 36.4 Å². The standard InChI is InChI=1S/C24H22F7NO3.CH4O/c1-12(2)35-22(34)32-13(3)6-18(19-10-17(25)4-5-21(19)32)20(11-33)14-7-15(23(26,27)28)9-16(8-14)24(29,30)31;1-2/h4-5,7-13,18,20H,6H2,1-3H3;2H,1H3/t13-,18?,20-;/m1./s1. The first kappa shape index (κ1) is 30.1. The Labute approximate surface area is 208 Å². The Kier molecular flexibility index (Phi) is 9.34. The van der Waals surface area contributed by atoms with Gasteiger partial charge in [0, 0.05) is 25.0 Å². The highest BCUT2D eigenvalue weighted by atomic mass is 19.4. The number of alkyl halides is 6. The molecule has 0 aromatic heterocycles. The van der Waals surface area contributed by atoms with Crippen molar-refractivity contribution in [1.29, 1.82) is 0 Å². The van der Waals surface area contributed by atoms with Crippen LogP contribution in [0, 0.1) is 5.82 Å². The second-order valence-corrected chi connectivity index (χ2v) is 8.70. The zero-order valence-corrected chi connectivity index (χ0v) is 20.3. The SMILES string of the molecule is CC(C)OC(=O)N1c2ccc(F)cc2C([C@H](C=O)c2cc(C(F)(F)F)cc(C(F)(F)F)c2)C[C@H]1C.CO. The number of hydrogen-bond acceptors (Lipinski definition) is 4. The van der Waals surface area contributed by atoms with Gasteiger partial charge in [0.2, 0.25) is 0 Å². The quantitative estimate of drug-likeness (QED) is 0.349. The predicted octanol–water partition coefficient (Wildman–Crippen LogP) is 6.68. The molecule has 1 aliphatic rings. The topological polar surface area (TPSA) is 66.8 Å². The number of carbonyl (C=O) groups is 2. The number of ether oxygens (including phenoxy) is 1. The van der Waals surface area contributed by atoms with E-state index in [1.807, 2.05) is 0 Å². The molecule has 0 radical (unpaired) electrons. The van der Waals surface area contributed by atoms with Gasteiger partial charge in [-0.3, -0.25) is 4.90 Å². The monoisotopic (exact) mass is 537 g/mol. The van der Waals surface area contributed by atoms with Crippen LogP contribution in [0.4, 0.5) is 41.2 Å². The summed E-state index contributed by atoms with van der Waals surface area (Å²) in [4.78, 5) is 26.0. The molecule has 37 heavy (non-hydrogen) atoms. The predicted molar refractivity (Wildman–Crippen MR) is 121 cm³/mol. The first-order valence-corrected chi connectivity index (χ1v) is 11.1. The van der Waals surface area contributed by atoms with Crippen molar-refractivity contribution in [1.82, 2.24) is 0 Å². The van der Waals surface area contributed by atoms with Crippen LogP contribution < -0.4 is 4.90 Å². The van der Waals surface area contributed by atoms with Gasteiger partial charge in [-0.25, -0.2) is 9.18 Å². The highest BCUT2D eigenvalue weighted by molar-refractivity contribution is 5.90. The zero-order chi connectivity index (χ0) is 28.3. The minimum absolute atomic E-state index is 0.0217. The lowest BCUT2D eigenvalue weighted by atomic mass is 9.75. The van der Waals surface area contributed by atoms with E-state index in [4.69, 9.17) is 9.84 Å². The fourth-order valence-corrected chi connectivity index (χ4v) is 4.33. The Morgan fingerprint density at radius 3 is 2.03 bits per heavy atom. The summed E-state index contributed by atoms with van der Waals surface area (Å²) in [5.74, 6) is -3.21. The molecule has 0 saturated carbocycles. The Morgan fingerprint density at radius 1 is 1.03 bits per heavy atom. The van der Waals surface area contributed by atoms with E-state index in [0.717, 1.165) is 19.2 Å². The maximum absolute atomic E-state index is 14.2. The summed E-state index contributed by atoms with van der Waals surface area (Å²) in [6.07, 6.45) is -11.2. The molecule has 0 bridgehead atoms.